The van der Waals surface area contributed by atoms with Crippen LogP contribution in [0.5, 0.6) is 0 Å². The van der Waals surface area contributed by atoms with Crippen molar-refractivity contribution in [3.05, 3.63) is 39.8 Å². The molecule has 0 spiro atoms. The molecule has 0 saturated heterocycles. The summed E-state index contributed by atoms with van der Waals surface area (Å²) in [5.74, 6) is 1.40. The van der Waals surface area contributed by atoms with Crippen LogP contribution in [0.2, 0.25) is 10.0 Å². The van der Waals surface area contributed by atoms with E-state index >= 15 is 0 Å². The minimum atomic E-state index is 0.187. The van der Waals surface area contributed by atoms with Crippen LogP contribution in [-0.2, 0) is 13.0 Å². The maximum absolute atomic E-state index is 9.27. The Morgan fingerprint density at radius 2 is 1.78 bits per heavy atom. The number of aryl methyl sites for hydroxylation is 1. The molecule has 1 N–H and O–H groups in total. The predicted molar refractivity (Wildman–Crippen MR) is 116 cm³/mol. The molecule has 2 aromatic rings. The average Bonchev–Trinajstić information content (AvgIpc) is 2.93. The van der Waals surface area contributed by atoms with Crippen molar-refractivity contribution in [2.75, 3.05) is 6.61 Å². The molecule has 27 heavy (non-hydrogen) atoms. The van der Waals surface area contributed by atoms with Gasteiger partial charge < -0.3 is 9.67 Å². The standard InChI is InChI=1S/C21H30Cl2N2OS/c1-4-5-6-7-10-25-19(9-8-11-26)24-20(15(2)3)21(25)27-18-13-16(22)12-17(23)14-18/h12-15,26H,4-11H2,1-3H3. The first-order valence-electron chi connectivity index (χ1n) is 9.80. The first-order valence-corrected chi connectivity index (χ1v) is 11.4. The fourth-order valence-electron chi connectivity index (χ4n) is 3.04. The summed E-state index contributed by atoms with van der Waals surface area (Å²) < 4.78 is 2.35. The normalized spacial score (nSPS) is 11.5. The molecule has 0 radical (unpaired) electrons. The number of unbranched alkanes of at least 4 members (excludes halogenated alkanes) is 3. The number of nitrogens with zero attached hydrogens (tertiary/aromatic N) is 2. The van der Waals surface area contributed by atoms with Gasteiger partial charge in [-0.2, -0.15) is 0 Å². The van der Waals surface area contributed by atoms with Crippen LogP contribution in [0.15, 0.2) is 28.1 Å². The fraction of sp³-hybridized carbons (Fsp3) is 0.571. The zero-order valence-corrected chi connectivity index (χ0v) is 18.8. The zero-order valence-electron chi connectivity index (χ0n) is 16.5. The lowest BCUT2D eigenvalue weighted by molar-refractivity contribution is 0.286. The highest BCUT2D eigenvalue weighted by atomic mass is 35.5. The molecular formula is C21H30Cl2N2OS. The molecule has 0 aliphatic rings. The van der Waals surface area contributed by atoms with E-state index in [1.54, 1.807) is 17.8 Å². The van der Waals surface area contributed by atoms with Gasteiger partial charge in [-0.15, -0.1) is 0 Å². The van der Waals surface area contributed by atoms with Crippen molar-refractivity contribution in [3.63, 3.8) is 0 Å². The number of aromatic nitrogens is 2. The third kappa shape index (κ3) is 6.70. The maximum Gasteiger partial charge on any atom is 0.109 e. The van der Waals surface area contributed by atoms with Gasteiger partial charge in [0.1, 0.15) is 10.9 Å². The highest BCUT2D eigenvalue weighted by molar-refractivity contribution is 7.99. The number of rotatable bonds is 11. The van der Waals surface area contributed by atoms with Crippen molar-refractivity contribution in [2.24, 2.45) is 0 Å². The first-order chi connectivity index (χ1) is 13.0. The molecule has 150 valence electrons. The minimum absolute atomic E-state index is 0.187. The second-order valence-corrected chi connectivity index (χ2v) is 9.05. The van der Waals surface area contributed by atoms with Gasteiger partial charge in [-0.1, -0.05) is 75.0 Å². The molecule has 6 heteroatoms. The van der Waals surface area contributed by atoms with E-state index in [-0.39, 0.29) is 6.61 Å². The van der Waals surface area contributed by atoms with Gasteiger partial charge in [0.05, 0.1) is 5.69 Å². The quantitative estimate of drug-likeness (QED) is 0.392. The second-order valence-electron chi connectivity index (χ2n) is 7.12. The highest BCUT2D eigenvalue weighted by Gasteiger charge is 2.20. The van der Waals surface area contributed by atoms with Gasteiger partial charge in [-0.3, -0.25) is 0 Å². The van der Waals surface area contributed by atoms with Crippen LogP contribution in [0.3, 0.4) is 0 Å². The lowest BCUT2D eigenvalue weighted by Crippen LogP contribution is -2.06. The van der Waals surface area contributed by atoms with E-state index in [0.29, 0.717) is 16.0 Å². The van der Waals surface area contributed by atoms with Crippen LogP contribution >= 0.6 is 35.0 Å². The van der Waals surface area contributed by atoms with Crippen molar-refractivity contribution >= 4 is 35.0 Å². The summed E-state index contributed by atoms with van der Waals surface area (Å²) in [6.45, 7) is 7.72. The monoisotopic (exact) mass is 428 g/mol. The molecule has 0 unspecified atom stereocenters. The van der Waals surface area contributed by atoms with E-state index in [2.05, 4.69) is 25.3 Å². The molecule has 0 fully saturated rings. The van der Waals surface area contributed by atoms with E-state index in [0.717, 1.165) is 42.2 Å². The van der Waals surface area contributed by atoms with Crippen molar-refractivity contribution in [2.45, 2.75) is 81.7 Å². The van der Waals surface area contributed by atoms with Crippen LogP contribution in [0.4, 0.5) is 0 Å². The van der Waals surface area contributed by atoms with Crippen LogP contribution < -0.4 is 0 Å². The van der Waals surface area contributed by atoms with E-state index in [9.17, 15) is 5.11 Å². The molecule has 2 rings (SSSR count). The Morgan fingerprint density at radius 3 is 2.37 bits per heavy atom. The summed E-state index contributed by atoms with van der Waals surface area (Å²) in [5, 5.41) is 11.7. The second kappa shape index (κ2) is 11.4. The molecule has 0 saturated carbocycles. The Hall–Kier alpha value is -0.680. The van der Waals surface area contributed by atoms with Gasteiger partial charge in [-0.25, -0.2) is 4.98 Å². The summed E-state index contributed by atoms with van der Waals surface area (Å²) in [6.07, 6.45) is 6.36. The Labute approximate surface area is 177 Å². The Kier molecular flexibility index (Phi) is 9.51. The van der Waals surface area contributed by atoms with Crippen molar-refractivity contribution in [3.8, 4) is 0 Å². The maximum atomic E-state index is 9.27. The van der Waals surface area contributed by atoms with Gasteiger partial charge >= 0.3 is 0 Å². The van der Waals surface area contributed by atoms with Crippen LogP contribution in [-0.4, -0.2) is 21.3 Å². The number of aliphatic hydroxyl groups excluding tert-OH is 1. The molecule has 1 heterocycles. The smallest absolute Gasteiger partial charge is 0.109 e. The largest absolute Gasteiger partial charge is 0.396 e. The van der Waals surface area contributed by atoms with Crippen molar-refractivity contribution in [1.82, 2.24) is 9.55 Å². The Morgan fingerprint density at radius 1 is 1.07 bits per heavy atom. The summed E-state index contributed by atoms with van der Waals surface area (Å²) in [5.41, 5.74) is 1.11. The number of hydrogen-bond donors (Lipinski definition) is 1. The number of aliphatic hydroxyl groups is 1. The van der Waals surface area contributed by atoms with Gasteiger partial charge in [0, 0.05) is 34.5 Å². The molecule has 1 aromatic carbocycles. The third-order valence-electron chi connectivity index (χ3n) is 4.42. The van der Waals surface area contributed by atoms with Crippen LogP contribution in [0.25, 0.3) is 0 Å². The summed E-state index contributed by atoms with van der Waals surface area (Å²) in [4.78, 5) is 5.98. The van der Waals surface area contributed by atoms with Gasteiger partial charge in [0.15, 0.2) is 0 Å². The number of hydrogen-bond acceptors (Lipinski definition) is 3. The third-order valence-corrected chi connectivity index (χ3v) is 5.95. The van der Waals surface area contributed by atoms with E-state index in [1.165, 1.54) is 24.3 Å². The molecule has 0 aliphatic heterocycles. The first kappa shape index (κ1) is 22.6. The van der Waals surface area contributed by atoms with Gasteiger partial charge in [-0.05, 0) is 37.0 Å². The highest BCUT2D eigenvalue weighted by Crippen LogP contribution is 2.37. The molecule has 0 amide bonds. The molecule has 0 bridgehead atoms. The summed E-state index contributed by atoms with van der Waals surface area (Å²) >= 11 is 14.1. The average molecular weight is 429 g/mol. The van der Waals surface area contributed by atoms with Crippen molar-refractivity contribution in [1.29, 1.82) is 0 Å². The Bertz CT molecular complexity index is 711. The molecule has 0 atom stereocenters. The minimum Gasteiger partial charge on any atom is -0.396 e. The lowest BCUT2D eigenvalue weighted by Gasteiger charge is -2.14. The predicted octanol–water partition coefficient (Wildman–Crippen LogP) is 6.97. The zero-order chi connectivity index (χ0) is 19.8. The van der Waals surface area contributed by atoms with Gasteiger partial charge in [0.2, 0.25) is 0 Å². The van der Waals surface area contributed by atoms with E-state index in [1.807, 2.05) is 12.1 Å². The van der Waals surface area contributed by atoms with Crippen LogP contribution in [0, 0.1) is 0 Å². The fourth-order valence-corrected chi connectivity index (χ4v) is 4.98. The lowest BCUT2D eigenvalue weighted by atomic mass is 10.1. The molecule has 1 aromatic heterocycles. The number of halogens is 2. The summed E-state index contributed by atoms with van der Waals surface area (Å²) in [7, 11) is 0. The SMILES string of the molecule is CCCCCCn1c(CCCO)nc(C(C)C)c1Sc1cc(Cl)cc(Cl)c1. The Balaban J connectivity index is 2.38. The molecular weight excluding hydrogens is 399 g/mol. The van der Waals surface area contributed by atoms with Gasteiger partial charge in [0.25, 0.3) is 0 Å². The molecule has 3 nitrogen and oxygen atoms in total. The topological polar surface area (TPSA) is 38.0 Å². The molecule has 0 aliphatic carbocycles. The van der Waals surface area contributed by atoms with E-state index < -0.39 is 0 Å². The number of benzene rings is 1. The van der Waals surface area contributed by atoms with E-state index in [4.69, 9.17) is 28.2 Å². The van der Waals surface area contributed by atoms with Crippen LogP contribution in [0.1, 0.15) is 70.3 Å². The number of imidazole rings is 1. The van der Waals surface area contributed by atoms with Crippen molar-refractivity contribution < 1.29 is 5.11 Å². The summed E-state index contributed by atoms with van der Waals surface area (Å²) in [6, 6.07) is 5.65.